The van der Waals surface area contributed by atoms with Gasteiger partial charge in [-0.1, -0.05) is 24.6 Å². The van der Waals surface area contributed by atoms with Crippen LogP contribution in [0.1, 0.15) is 18.9 Å². The highest BCUT2D eigenvalue weighted by Crippen LogP contribution is 2.19. The predicted octanol–water partition coefficient (Wildman–Crippen LogP) is 3.88. The van der Waals surface area contributed by atoms with Gasteiger partial charge in [0, 0.05) is 16.3 Å². The summed E-state index contributed by atoms with van der Waals surface area (Å²) in [5.41, 5.74) is 2.30. The van der Waals surface area contributed by atoms with E-state index < -0.39 is 10.0 Å². The van der Waals surface area contributed by atoms with Crippen LogP contribution in [0.4, 0.5) is 11.4 Å². The second-order valence-corrected chi connectivity index (χ2v) is 8.54. The molecule has 5 nitrogen and oxygen atoms in total. The lowest BCUT2D eigenvalue weighted by atomic mass is 10.2. The van der Waals surface area contributed by atoms with Gasteiger partial charge in [0.05, 0.1) is 11.5 Å². The Morgan fingerprint density at radius 3 is 2.20 bits per heavy atom. The van der Waals surface area contributed by atoms with Gasteiger partial charge in [-0.15, -0.1) is 11.8 Å². The van der Waals surface area contributed by atoms with Gasteiger partial charge in [-0.3, -0.25) is 9.52 Å². The van der Waals surface area contributed by atoms with Gasteiger partial charge in [-0.2, -0.15) is 0 Å². The highest BCUT2D eigenvalue weighted by molar-refractivity contribution is 8.00. The van der Waals surface area contributed by atoms with Gasteiger partial charge in [-0.25, -0.2) is 8.42 Å². The lowest BCUT2D eigenvalue weighted by Crippen LogP contribution is -2.16. The second-order valence-electron chi connectivity index (χ2n) is 5.65. The Balaban J connectivity index is 1.85. The molecular weight excluding hydrogens is 356 g/mol. The van der Waals surface area contributed by atoms with E-state index in [1.54, 1.807) is 24.3 Å². The maximum Gasteiger partial charge on any atom is 0.234 e. The minimum absolute atomic E-state index is 0.0850. The first-order valence-electron chi connectivity index (χ1n) is 7.98. The third-order valence-electron chi connectivity index (χ3n) is 3.31. The Hall–Kier alpha value is -1.99. The topological polar surface area (TPSA) is 75.3 Å². The molecule has 0 heterocycles. The van der Waals surface area contributed by atoms with Crippen LogP contribution in [-0.2, 0) is 14.8 Å². The molecule has 0 unspecified atom stereocenters. The summed E-state index contributed by atoms with van der Waals surface area (Å²) >= 11 is 1.47. The molecule has 25 heavy (non-hydrogen) atoms. The van der Waals surface area contributed by atoms with E-state index in [0.29, 0.717) is 23.5 Å². The molecule has 2 N–H and O–H groups in total. The van der Waals surface area contributed by atoms with Crippen molar-refractivity contribution in [3.63, 3.8) is 0 Å². The zero-order valence-corrected chi connectivity index (χ0v) is 15.9. The van der Waals surface area contributed by atoms with E-state index in [1.807, 2.05) is 38.1 Å². The summed E-state index contributed by atoms with van der Waals surface area (Å²) in [7, 11) is -3.30. The van der Waals surface area contributed by atoms with Gasteiger partial charge in [0.2, 0.25) is 15.9 Å². The van der Waals surface area contributed by atoms with Crippen LogP contribution in [0, 0.1) is 6.92 Å². The molecule has 0 aliphatic rings. The third kappa shape index (κ3) is 6.80. The number of hydrogen-bond acceptors (Lipinski definition) is 4. The maximum absolute atomic E-state index is 12.0. The molecular formula is C18H22N2O3S2. The second kappa shape index (κ2) is 8.92. The fourth-order valence-electron chi connectivity index (χ4n) is 2.10. The van der Waals surface area contributed by atoms with E-state index in [1.165, 1.54) is 17.3 Å². The van der Waals surface area contributed by atoms with Crippen LogP contribution in [0.15, 0.2) is 53.4 Å². The minimum Gasteiger partial charge on any atom is -0.325 e. The number of rotatable bonds is 8. The Morgan fingerprint density at radius 1 is 1.00 bits per heavy atom. The number of amides is 1. The molecule has 7 heteroatoms. The Labute approximate surface area is 153 Å². The summed E-state index contributed by atoms with van der Waals surface area (Å²) in [5.74, 6) is 0.292. The monoisotopic (exact) mass is 378 g/mol. The molecule has 2 rings (SSSR count). The van der Waals surface area contributed by atoms with Crippen molar-refractivity contribution in [3.8, 4) is 0 Å². The van der Waals surface area contributed by atoms with E-state index in [2.05, 4.69) is 10.0 Å². The maximum atomic E-state index is 12.0. The number of sulfonamides is 1. The summed E-state index contributed by atoms with van der Waals surface area (Å²) in [6.07, 6.45) is 0.558. The predicted molar refractivity (Wildman–Crippen MR) is 105 cm³/mol. The van der Waals surface area contributed by atoms with Gasteiger partial charge in [-0.05, 0) is 49.7 Å². The first-order chi connectivity index (χ1) is 11.9. The van der Waals surface area contributed by atoms with Gasteiger partial charge in [0.15, 0.2) is 0 Å². The molecule has 0 aromatic heterocycles. The number of anilines is 2. The number of aryl methyl sites for hydroxylation is 1. The zero-order chi connectivity index (χ0) is 18.3. The smallest absolute Gasteiger partial charge is 0.234 e. The first kappa shape index (κ1) is 19.3. The summed E-state index contributed by atoms with van der Waals surface area (Å²) in [6, 6.07) is 14.6. The van der Waals surface area contributed by atoms with Crippen molar-refractivity contribution in [1.29, 1.82) is 0 Å². The molecule has 2 aromatic rings. The normalized spacial score (nSPS) is 11.1. The molecule has 0 saturated heterocycles. The van der Waals surface area contributed by atoms with Crippen LogP contribution >= 0.6 is 11.8 Å². The van der Waals surface area contributed by atoms with E-state index in [-0.39, 0.29) is 11.7 Å². The third-order valence-corrected chi connectivity index (χ3v) is 5.81. The molecule has 0 aliphatic carbocycles. The van der Waals surface area contributed by atoms with E-state index >= 15 is 0 Å². The van der Waals surface area contributed by atoms with Crippen molar-refractivity contribution in [2.24, 2.45) is 0 Å². The summed E-state index contributed by atoms with van der Waals surface area (Å²) in [4.78, 5) is 13.1. The molecule has 0 radical (unpaired) electrons. The lowest BCUT2D eigenvalue weighted by Gasteiger charge is -2.09. The SMILES string of the molecule is CCCS(=O)(=O)Nc1ccc(NC(=O)CSc2ccc(C)cc2)cc1. The molecule has 0 atom stereocenters. The van der Waals surface area contributed by atoms with Gasteiger partial charge < -0.3 is 5.32 Å². The van der Waals surface area contributed by atoms with Crippen molar-refractivity contribution in [1.82, 2.24) is 0 Å². The Morgan fingerprint density at radius 2 is 1.60 bits per heavy atom. The first-order valence-corrected chi connectivity index (χ1v) is 10.6. The molecule has 1 amide bonds. The van der Waals surface area contributed by atoms with E-state index in [4.69, 9.17) is 0 Å². The highest BCUT2D eigenvalue weighted by atomic mass is 32.2. The summed E-state index contributed by atoms with van der Waals surface area (Å²) < 4.78 is 25.9. The molecule has 2 aromatic carbocycles. The van der Waals surface area contributed by atoms with Gasteiger partial charge in [0.25, 0.3) is 0 Å². The Bertz CT molecular complexity index is 801. The van der Waals surface area contributed by atoms with Crippen LogP contribution in [0.2, 0.25) is 0 Å². The number of nitrogens with one attached hydrogen (secondary N) is 2. The average Bonchev–Trinajstić information content (AvgIpc) is 2.56. The quantitative estimate of drug-likeness (QED) is 0.684. The number of hydrogen-bond donors (Lipinski definition) is 2. The van der Waals surface area contributed by atoms with Crippen LogP contribution in [-0.4, -0.2) is 25.8 Å². The number of carbonyl (C=O) groups is 1. The Kier molecular flexibility index (Phi) is 6.90. The van der Waals surface area contributed by atoms with Crippen molar-refractivity contribution in [2.75, 3.05) is 21.5 Å². The summed E-state index contributed by atoms with van der Waals surface area (Å²) in [5, 5.41) is 2.80. The molecule has 0 aliphatic heterocycles. The number of thioether (sulfide) groups is 1. The van der Waals surface area contributed by atoms with Crippen LogP contribution in [0.3, 0.4) is 0 Å². The minimum atomic E-state index is -3.30. The highest BCUT2D eigenvalue weighted by Gasteiger charge is 2.09. The fourth-order valence-corrected chi connectivity index (χ4v) is 3.93. The molecule has 0 saturated carbocycles. The molecule has 0 spiro atoms. The van der Waals surface area contributed by atoms with Gasteiger partial charge in [0.1, 0.15) is 0 Å². The molecule has 0 fully saturated rings. The van der Waals surface area contributed by atoms with Crippen molar-refractivity contribution < 1.29 is 13.2 Å². The van der Waals surface area contributed by atoms with Crippen molar-refractivity contribution in [2.45, 2.75) is 25.2 Å². The van der Waals surface area contributed by atoms with E-state index in [0.717, 1.165) is 4.90 Å². The molecule has 0 bridgehead atoms. The van der Waals surface area contributed by atoms with Crippen molar-refractivity contribution >= 4 is 39.1 Å². The van der Waals surface area contributed by atoms with Crippen molar-refractivity contribution in [3.05, 3.63) is 54.1 Å². The van der Waals surface area contributed by atoms with Gasteiger partial charge >= 0.3 is 0 Å². The molecule has 134 valence electrons. The zero-order valence-electron chi connectivity index (χ0n) is 14.3. The van der Waals surface area contributed by atoms with Crippen LogP contribution in [0.5, 0.6) is 0 Å². The summed E-state index contributed by atoms with van der Waals surface area (Å²) in [6.45, 7) is 3.83. The van der Waals surface area contributed by atoms with Crippen LogP contribution < -0.4 is 10.0 Å². The van der Waals surface area contributed by atoms with Crippen LogP contribution in [0.25, 0.3) is 0 Å². The van der Waals surface area contributed by atoms with E-state index in [9.17, 15) is 13.2 Å². The largest absolute Gasteiger partial charge is 0.325 e. The standard InChI is InChI=1S/C18H22N2O3S2/c1-3-12-25(22,23)20-16-8-6-15(7-9-16)19-18(21)13-24-17-10-4-14(2)5-11-17/h4-11,20H,3,12-13H2,1-2H3,(H,19,21). The number of benzene rings is 2. The number of carbonyl (C=O) groups excluding carboxylic acids is 1. The lowest BCUT2D eigenvalue weighted by molar-refractivity contribution is -0.113. The fraction of sp³-hybridized carbons (Fsp3) is 0.278. The average molecular weight is 379 g/mol.